The molecule has 0 aliphatic heterocycles. The van der Waals surface area contributed by atoms with Crippen LogP contribution < -0.4 is 9.13 Å². The Bertz CT molecular complexity index is 1580. The van der Waals surface area contributed by atoms with Gasteiger partial charge in [-0.2, -0.15) is 9.13 Å². The Morgan fingerprint density at radius 3 is 0.842 bits per heavy atom. The summed E-state index contributed by atoms with van der Waals surface area (Å²) >= 11 is 0. The van der Waals surface area contributed by atoms with Crippen molar-refractivity contribution in [2.45, 2.75) is 0 Å². The number of aryl methyl sites for hydroxylation is 2. The number of rotatable bonds is 1. The van der Waals surface area contributed by atoms with Crippen molar-refractivity contribution in [3.63, 3.8) is 0 Å². The smallest absolute Gasteiger partial charge is 0.201 e. The first-order chi connectivity index (χ1) is 18.2. The lowest BCUT2D eigenvalue weighted by molar-refractivity contribution is -0.969. The number of pyridine rings is 2. The molecule has 0 amide bonds. The maximum atomic E-state index is 8.47. The normalized spacial score (nSPS) is 10.5. The van der Waals surface area contributed by atoms with Crippen LogP contribution in [0.25, 0.3) is 54.7 Å². The Kier molecular flexibility index (Phi) is 7.24. The summed E-state index contributed by atoms with van der Waals surface area (Å²) in [5.41, 5.74) is 7.60. The Hall–Kier alpha value is -5.38. The van der Waals surface area contributed by atoms with Crippen molar-refractivity contribution in [1.82, 2.24) is 0 Å². The van der Waals surface area contributed by atoms with E-state index in [1.54, 1.807) is 0 Å². The third kappa shape index (κ3) is 4.82. The van der Waals surface area contributed by atoms with Crippen LogP contribution in [0.2, 0.25) is 0 Å². The van der Waals surface area contributed by atoms with Gasteiger partial charge >= 0.3 is 10.2 Å². The minimum atomic E-state index is -1.25. The third-order valence-corrected chi connectivity index (χ3v) is 6.39. The topological polar surface area (TPSA) is 129 Å². The van der Waals surface area contributed by atoms with E-state index in [1.165, 1.54) is 54.7 Å². The van der Waals surface area contributed by atoms with Crippen LogP contribution in [0, 0.1) is 9.81 Å². The minimum absolute atomic E-state index is 1.24. The van der Waals surface area contributed by atoms with Gasteiger partial charge < -0.3 is 0 Å². The number of hydrogen-bond donors (Lipinski definition) is 4. The summed E-state index contributed by atoms with van der Waals surface area (Å²) in [7, 11) is 4.32. The maximum absolute atomic E-state index is 8.47. The predicted octanol–water partition coefficient (Wildman–Crippen LogP) is 4.70. The Morgan fingerprint density at radius 2 is 0.632 bits per heavy atom. The molecule has 4 aromatic carbocycles. The SMILES string of the molecule is C[n+]1c2ccccc2c(-c2c3ccccc3[n+](C)c3ccccc23)c2ccccc21.O=[N+](O)O.O=[N+](O)O. The van der Waals surface area contributed by atoms with E-state index in [9.17, 15) is 0 Å². The number of aromatic nitrogens is 2. The first kappa shape index (κ1) is 25.7. The van der Waals surface area contributed by atoms with Crippen molar-refractivity contribution in [2.24, 2.45) is 14.1 Å². The molecule has 0 unspecified atom stereocenters. The zero-order valence-electron chi connectivity index (χ0n) is 20.6. The molecule has 2 aromatic heterocycles. The van der Waals surface area contributed by atoms with Gasteiger partial charge in [-0.1, -0.05) is 48.5 Å². The Morgan fingerprint density at radius 1 is 0.447 bits per heavy atom. The van der Waals surface area contributed by atoms with E-state index in [-0.39, 0.29) is 0 Å². The molecule has 0 saturated carbocycles. The van der Waals surface area contributed by atoms with Crippen molar-refractivity contribution in [1.29, 1.82) is 0 Å². The molecule has 190 valence electrons. The fraction of sp³-hybridized carbons (Fsp3) is 0.0714. The maximum Gasteiger partial charge on any atom is 0.472 e. The number of para-hydroxylation sites is 4. The van der Waals surface area contributed by atoms with Crippen molar-refractivity contribution < 1.29 is 40.1 Å². The standard InChI is InChI=1S/C28H22N2.2H2NO3/c1-29-23-15-7-3-11-19(23)27(20-12-4-8-16-24(20)29)28-21-13-5-9-17-25(21)30(2)26-18-10-6-14-22(26)28;2*2-1(3)4/h3-18H,1-2H3;2*(H2,2,3,4)/q+2;2*+1. The fourth-order valence-corrected chi connectivity index (χ4v) is 5.00. The van der Waals surface area contributed by atoms with Crippen LogP contribution in [-0.2, 0) is 14.1 Å². The molecule has 0 spiro atoms. The van der Waals surface area contributed by atoms with Crippen LogP contribution in [0.4, 0.5) is 0 Å². The fourth-order valence-electron chi connectivity index (χ4n) is 5.00. The van der Waals surface area contributed by atoms with Gasteiger partial charge in [0, 0.05) is 35.4 Å². The van der Waals surface area contributed by atoms with Crippen LogP contribution >= 0.6 is 0 Å². The molecule has 6 rings (SSSR count). The van der Waals surface area contributed by atoms with Gasteiger partial charge in [-0.25, -0.2) is 20.8 Å². The number of hydrogen-bond acceptors (Lipinski definition) is 2. The minimum Gasteiger partial charge on any atom is -0.201 e. The van der Waals surface area contributed by atoms with Gasteiger partial charge in [-0.3, -0.25) is 0 Å². The molecule has 38 heavy (non-hydrogen) atoms. The van der Waals surface area contributed by atoms with Crippen LogP contribution in [0.3, 0.4) is 0 Å². The van der Waals surface area contributed by atoms with Gasteiger partial charge in [0.1, 0.15) is 23.9 Å². The highest BCUT2D eigenvalue weighted by molar-refractivity contribution is 6.18. The molecule has 4 N–H and O–H groups in total. The van der Waals surface area contributed by atoms with Gasteiger partial charge in [0.15, 0.2) is 0 Å². The Balaban J connectivity index is 0.000000373. The summed E-state index contributed by atoms with van der Waals surface area (Å²) < 4.78 is 4.61. The largest absolute Gasteiger partial charge is 0.472 e. The van der Waals surface area contributed by atoms with Gasteiger partial charge in [0.2, 0.25) is 22.1 Å². The van der Waals surface area contributed by atoms with Crippen molar-refractivity contribution in [3.05, 3.63) is 107 Å². The predicted molar refractivity (Wildman–Crippen MR) is 139 cm³/mol. The third-order valence-electron chi connectivity index (χ3n) is 6.39. The van der Waals surface area contributed by atoms with E-state index < -0.39 is 10.2 Å². The van der Waals surface area contributed by atoms with Gasteiger partial charge in [0.05, 0.1) is 21.5 Å². The molecule has 0 fully saturated rings. The molecule has 0 radical (unpaired) electrons. The molecule has 0 atom stereocenters. The van der Waals surface area contributed by atoms with Crippen molar-refractivity contribution in [2.75, 3.05) is 0 Å². The molecule has 0 bridgehead atoms. The molecule has 2 heterocycles. The lowest BCUT2D eigenvalue weighted by Crippen LogP contribution is -2.31. The lowest BCUT2D eigenvalue weighted by Gasteiger charge is -2.14. The molecule has 6 aromatic rings. The molecule has 0 aliphatic carbocycles. The average Bonchev–Trinajstić information content (AvgIpc) is 2.90. The second-order valence-electron chi connectivity index (χ2n) is 8.44. The lowest BCUT2D eigenvalue weighted by atomic mass is 9.90. The summed E-state index contributed by atoms with van der Waals surface area (Å²) in [6.45, 7) is 0. The number of fused-ring (bicyclic) bond motifs is 4. The van der Waals surface area contributed by atoms with E-state index >= 15 is 0 Å². The van der Waals surface area contributed by atoms with Gasteiger partial charge in [-0.15, -0.1) is 0 Å². The highest BCUT2D eigenvalue weighted by Crippen LogP contribution is 2.40. The summed E-state index contributed by atoms with van der Waals surface area (Å²) in [5, 5.41) is 30.2. The molecular weight excluding hydrogens is 488 g/mol. The summed E-state index contributed by atoms with van der Waals surface area (Å²) in [4.78, 5) is 16.9. The molecular formula is C28H26N4O6+4. The highest BCUT2D eigenvalue weighted by atomic mass is 16.9. The van der Waals surface area contributed by atoms with E-state index in [0.29, 0.717) is 0 Å². The average molecular weight is 515 g/mol. The molecule has 10 nitrogen and oxygen atoms in total. The van der Waals surface area contributed by atoms with E-state index in [1.807, 2.05) is 0 Å². The molecule has 10 heteroatoms. The highest BCUT2D eigenvalue weighted by Gasteiger charge is 2.24. The van der Waals surface area contributed by atoms with Crippen molar-refractivity contribution >= 4 is 43.6 Å². The Labute approximate surface area is 216 Å². The van der Waals surface area contributed by atoms with Crippen molar-refractivity contribution in [3.8, 4) is 11.1 Å². The second-order valence-corrected chi connectivity index (χ2v) is 8.44. The molecule has 0 saturated heterocycles. The zero-order valence-corrected chi connectivity index (χ0v) is 20.6. The number of nitrogens with zero attached hydrogens (tertiary/aromatic N) is 4. The van der Waals surface area contributed by atoms with Crippen LogP contribution in [0.1, 0.15) is 0 Å². The van der Waals surface area contributed by atoms with Gasteiger partial charge in [0.25, 0.3) is 0 Å². The summed E-state index contributed by atoms with van der Waals surface area (Å²) in [5.74, 6) is 0. The van der Waals surface area contributed by atoms with Gasteiger partial charge in [-0.05, 0) is 24.3 Å². The van der Waals surface area contributed by atoms with Crippen LogP contribution in [-0.4, -0.2) is 31.0 Å². The molecule has 0 aliphatic rings. The summed E-state index contributed by atoms with van der Waals surface area (Å²) in [6.07, 6.45) is 0. The second kappa shape index (κ2) is 10.7. The summed E-state index contributed by atoms with van der Waals surface area (Å²) in [6, 6.07) is 35.0. The first-order valence-corrected chi connectivity index (χ1v) is 11.5. The van der Waals surface area contributed by atoms with Crippen LogP contribution in [0.15, 0.2) is 97.1 Å². The van der Waals surface area contributed by atoms with E-state index in [2.05, 4.69) is 120 Å². The quantitative estimate of drug-likeness (QED) is 0.143. The number of benzene rings is 4. The first-order valence-electron chi connectivity index (χ1n) is 11.5. The monoisotopic (exact) mass is 514 g/mol. The van der Waals surface area contributed by atoms with Crippen LogP contribution in [0.5, 0.6) is 0 Å². The zero-order chi connectivity index (χ0) is 27.4. The van der Waals surface area contributed by atoms with E-state index in [0.717, 1.165) is 0 Å². The van der Waals surface area contributed by atoms with E-state index in [4.69, 9.17) is 30.6 Å².